The van der Waals surface area contributed by atoms with Gasteiger partial charge in [0.25, 0.3) is 0 Å². The van der Waals surface area contributed by atoms with Crippen molar-refractivity contribution in [2.45, 2.75) is 70.6 Å². The van der Waals surface area contributed by atoms with E-state index in [9.17, 15) is 9.59 Å². The van der Waals surface area contributed by atoms with Gasteiger partial charge in [-0.25, -0.2) is 0 Å². The van der Waals surface area contributed by atoms with Gasteiger partial charge >= 0.3 is 11.9 Å². The van der Waals surface area contributed by atoms with Gasteiger partial charge in [-0.1, -0.05) is 57.1 Å². The van der Waals surface area contributed by atoms with E-state index in [-0.39, 0.29) is 18.4 Å². The van der Waals surface area contributed by atoms with Gasteiger partial charge in [-0.15, -0.1) is 0 Å². The zero-order valence-corrected chi connectivity index (χ0v) is 11.7. The second-order valence-electron chi connectivity index (χ2n) is 5.86. The van der Waals surface area contributed by atoms with Gasteiger partial charge in [-0.05, 0) is 19.3 Å². The van der Waals surface area contributed by atoms with E-state index in [4.69, 9.17) is 4.74 Å². The van der Waals surface area contributed by atoms with Gasteiger partial charge in [0.2, 0.25) is 0 Å². The Labute approximate surface area is 115 Å². The van der Waals surface area contributed by atoms with E-state index < -0.39 is 5.41 Å². The standard InChI is InChI=1S/C16H24O3/c17-14-13-16(15(18)19-14)11-9-7-5-3-1-2-4-6-8-10-12-16/h9,11H,1-8,10,12-13H2/b11-9+. The molecule has 0 amide bonds. The zero-order valence-electron chi connectivity index (χ0n) is 11.7. The molecule has 1 fully saturated rings. The fraction of sp³-hybridized carbons (Fsp3) is 0.750. The molecule has 1 atom stereocenters. The molecule has 2 aliphatic rings. The third-order valence-electron chi connectivity index (χ3n) is 4.25. The van der Waals surface area contributed by atoms with E-state index in [0.29, 0.717) is 0 Å². The highest BCUT2D eigenvalue weighted by molar-refractivity contribution is 5.98. The first-order valence-electron chi connectivity index (χ1n) is 7.66. The van der Waals surface area contributed by atoms with E-state index in [1.807, 2.05) is 6.08 Å². The van der Waals surface area contributed by atoms with Crippen LogP contribution in [0, 0.1) is 5.41 Å². The lowest BCUT2D eigenvalue weighted by molar-refractivity contribution is -0.154. The number of cyclic esters (lactones) is 2. The van der Waals surface area contributed by atoms with Crippen molar-refractivity contribution < 1.29 is 14.3 Å². The molecular formula is C16H24O3. The van der Waals surface area contributed by atoms with Crippen LogP contribution in [0.4, 0.5) is 0 Å². The van der Waals surface area contributed by atoms with Crippen molar-refractivity contribution in [2.75, 3.05) is 0 Å². The molecule has 1 saturated heterocycles. The van der Waals surface area contributed by atoms with Crippen LogP contribution in [0.1, 0.15) is 70.6 Å². The second-order valence-corrected chi connectivity index (χ2v) is 5.86. The quantitative estimate of drug-likeness (QED) is 0.378. The summed E-state index contributed by atoms with van der Waals surface area (Å²) < 4.78 is 4.77. The van der Waals surface area contributed by atoms with E-state index in [1.165, 1.54) is 38.5 Å². The van der Waals surface area contributed by atoms with Crippen LogP contribution < -0.4 is 0 Å². The zero-order chi connectivity index (χ0) is 13.6. The molecule has 1 unspecified atom stereocenters. The number of hydrogen-bond donors (Lipinski definition) is 0. The summed E-state index contributed by atoms with van der Waals surface area (Å²) in [6.07, 6.45) is 15.8. The molecule has 19 heavy (non-hydrogen) atoms. The molecule has 0 aromatic heterocycles. The van der Waals surface area contributed by atoms with Crippen LogP contribution in [0.3, 0.4) is 0 Å². The fourth-order valence-corrected chi connectivity index (χ4v) is 3.04. The van der Waals surface area contributed by atoms with Gasteiger partial charge in [0.15, 0.2) is 0 Å². The predicted molar refractivity (Wildman–Crippen MR) is 73.5 cm³/mol. The van der Waals surface area contributed by atoms with Crippen molar-refractivity contribution in [3.8, 4) is 0 Å². The van der Waals surface area contributed by atoms with Crippen molar-refractivity contribution in [1.82, 2.24) is 0 Å². The lowest BCUT2D eigenvalue weighted by Crippen LogP contribution is -2.23. The number of carbonyl (C=O) groups excluding carboxylic acids is 2. The number of hydrogen-bond acceptors (Lipinski definition) is 3. The monoisotopic (exact) mass is 264 g/mol. The maximum atomic E-state index is 12.0. The minimum atomic E-state index is -0.648. The topological polar surface area (TPSA) is 43.4 Å². The number of rotatable bonds is 0. The highest BCUT2D eigenvalue weighted by Gasteiger charge is 2.46. The number of allylic oxidation sites excluding steroid dienone is 1. The molecule has 0 bridgehead atoms. The fourth-order valence-electron chi connectivity index (χ4n) is 3.04. The van der Waals surface area contributed by atoms with Gasteiger partial charge in [-0.2, -0.15) is 0 Å². The maximum Gasteiger partial charge on any atom is 0.324 e. The molecule has 3 heteroatoms. The van der Waals surface area contributed by atoms with Gasteiger partial charge in [-0.3, -0.25) is 9.59 Å². The molecule has 0 saturated carbocycles. The third-order valence-corrected chi connectivity index (χ3v) is 4.25. The summed E-state index contributed by atoms with van der Waals surface area (Å²) in [5, 5.41) is 0. The molecular weight excluding hydrogens is 240 g/mol. The third kappa shape index (κ3) is 3.92. The molecule has 0 aromatic rings. The van der Waals surface area contributed by atoms with Crippen LogP contribution in [0.2, 0.25) is 0 Å². The van der Waals surface area contributed by atoms with Crippen LogP contribution in [-0.4, -0.2) is 11.9 Å². The van der Waals surface area contributed by atoms with Crippen LogP contribution >= 0.6 is 0 Å². The van der Waals surface area contributed by atoms with Gasteiger partial charge in [0.05, 0.1) is 11.8 Å². The van der Waals surface area contributed by atoms with Crippen LogP contribution in [0.5, 0.6) is 0 Å². The first-order chi connectivity index (χ1) is 9.23. The first kappa shape index (κ1) is 14.3. The molecule has 0 radical (unpaired) electrons. The Morgan fingerprint density at radius 2 is 1.53 bits per heavy atom. The van der Waals surface area contributed by atoms with Crippen molar-refractivity contribution in [3.05, 3.63) is 12.2 Å². The van der Waals surface area contributed by atoms with Gasteiger partial charge < -0.3 is 4.74 Å². The van der Waals surface area contributed by atoms with Crippen molar-refractivity contribution in [3.63, 3.8) is 0 Å². The van der Waals surface area contributed by atoms with Gasteiger partial charge in [0.1, 0.15) is 0 Å². The average molecular weight is 264 g/mol. The Bertz CT molecular complexity index is 359. The largest absolute Gasteiger partial charge is 0.392 e. The average Bonchev–Trinajstić information content (AvgIpc) is 2.66. The molecule has 3 nitrogen and oxygen atoms in total. The summed E-state index contributed by atoms with van der Waals surface area (Å²) in [4.78, 5) is 23.3. The SMILES string of the molecule is O=C1CC2(/C=C/CCCCCCCCCC2)C(=O)O1. The number of carbonyl (C=O) groups is 2. The molecule has 0 N–H and O–H groups in total. The predicted octanol–water partition coefficient (Wildman–Crippen LogP) is 3.92. The van der Waals surface area contributed by atoms with E-state index in [0.717, 1.165) is 25.7 Å². The Morgan fingerprint density at radius 3 is 2.16 bits per heavy atom. The second kappa shape index (κ2) is 6.88. The molecule has 1 aliphatic carbocycles. The molecule has 106 valence electrons. The molecule has 1 heterocycles. The van der Waals surface area contributed by atoms with Crippen molar-refractivity contribution in [2.24, 2.45) is 5.41 Å². The van der Waals surface area contributed by atoms with Crippen molar-refractivity contribution >= 4 is 11.9 Å². The van der Waals surface area contributed by atoms with Crippen molar-refractivity contribution in [1.29, 1.82) is 0 Å². The van der Waals surface area contributed by atoms with E-state index >= 15 is 0 Å². The minimum Gasteiger partial charge on any atom is -0.392 e. The molecule has 2 rings (SSSR count). The molecule has 1 aliphatic heterocycles. The summed E-state index contributed by atoms with van der Waals surface area (Å²) in [6.45, 7) is 0. The van der Waals surface area contributed by atoms with Crippen LogP contribution in [0.25, 0.3) is 0 Å². The minimum absolute atomic E-state index is 0.238. The van der Waals surface area contributed by atoms with E-state index in [1.54, 1.807) is 0 Å². The summed E-state index contributed by atoms with van der Waals surface area (Å²) in [5.41, 5.74) is -0.648. The smallest absolute Gasteiger partial charge is 0.324 e. The Morgan fingerprint density at radius 1 is 0.895 bits per heavy atom. The summed E-state index contributed by atoms with van der Waals surface area (Å²) >= 11 is 0. The highest BCUT2D eigenvalue weighted by Crippen LogP contribution is 2.38. The number of ether oxygens (including phenoxy) is 1. The van der Waals surface area contributed by atoms with Crippen LogP contribution in [-0.2, 0) is 14.3 Å². The van der Waals surface area contributed by atoms with Gasteiger partial charge in [0, 0.05) is 0 Å². The maximum absolute atomic E-state index is 12.0. The number of esters is 2. The summed E-state index contributed by atoms with van der Waals surface area (Å²) in [6, 6.07) is 0. The Balaban J connectivity index is 2.03. The Hall–Kier alpha value is -1.12. The lowest BCUT2D eigenvalue weighted by atomic mass is 9.80. The van der Waals surface area contributed by atoms with Crippen LogP contribution in [0.15, 0.2) is 12.2 Å². The summed E-state index contributed by atoms with van der Waals surface area (Å²) in [5.74, 6) is -0.692. The molecule has 0 aromatic carbocycles. The first-order valence-corrected chi connectivity index (χ1v) is 7.66. The lowest BCUT2D eigenvalue weighted by Gasteiger charge is -2.19. The Kier molecular flexibility index (Phi) is 5.17. The molecule has 1 spiro atoms. The normalized spacial score (nSPS) is 32.2. The highest BCUT2D eigenvalue weighted by atomic mass is 16.6. The summed E-state index contributed by atoms with van der Waals surface area (Å²) in [7, 11) is 0. The van der Waals surface area contributed by atoms with E-state index in [2.05, 4.69) is 6.08 Å².